The molecule has 0 saturated heterocycles. The van der Waals surface area contributed by atoms with E-state index in [9.17, 15) is 9.59 Å². The number of carbonyl (C=O) groups excluding carboxylic acids is 2. The molecule has 8 heteroatoms. The molecule has 1 aliphatic carbocycles. The van der Waals surface area contributed by atoms with Gasteiger partial charge < -0.3 is 5.32 Å². The quantitative estimate of drug-likeness (QED) is 0.493. The van der Waals surface area contributed by atoms with Crippen LogP contribution in [0.3, 0.4) is 0 Å². The van der Waals surface area contributed by atoms with Crippen LogP contribution in [0.25, 0.3) is 6.08 Å². The molecular weight excluding hydrogens is 429 g/mol. The average Bonchev–Trinajstić information content (AvgIpc) is 2.99. The number of carbonyl (C=O) groups is 2. The zero-order valence-corrected chi connectivity index (χ0v) is 18.3. The van der Waals surface area contributed by atoms with Crippen LogP contribution in [0.2, 0.25) is 10.0 Å². The standard InChI is InChI=1S/C21H23Cl2N3O2S/c1-2-10-26-20(28)18(12-14-8-9-16(22)17(23)11-14)25-21(26)29-13-19(27)24-15-6-4-3-5-7-15/h2,8-9,11-12,15H,1,3-7,10,13H2,(H,24,27)/b18-12+. The second-order valence-electron chi connectivity index (χ2n) is 6.99. The molecule has 1 fully saturated rings. The lowest BCUT2D eigenvalue weighted by Crippen LogP contribution is -2.38. The fourth-order valence-electron chi connectivity index (χ4n) is 3.34. The first-order valence-electron chi connectivity index (χ1n) is 9.58. The van der Waals surface area contributed by atoms with E-state index in [2.05, 4.69) is 16.9 Å². The highest BCUT2D eigenvalue weighted by Gasteiger charge is 2.30. The van der Waals surface area contributed by atoms with Crippen LogP contribution in [0.4, 0.5) is 0 Å². The Kier molecular flexibility index (Phi) is 7.81. The summed E-state index contributed by atoms with van der Waals surface area (Å²) < 4.78 is 0. The van der Waals surface area contributed by atoms with Gasteiger partial charge in [0.05, 0.1) is 15.8 Å². The summed E-state index contributed by atoms with van der Waals surface area (Å²) >= 11 is 13.3. The number of rotatable bonds is 6. The van der Waals surface area contributed by atoms with E-state index in [1.54, 1.807) is 30.4 Å². The average molecular weight is 452 g/mol. The minimum atomic E-state index is -0.230. The Hall–Kier alpha value is -1.76. The highest BCUT2D eigenvalue weighted by atomic mass is 35.5. The van der Waals surface area contributed by atoms with Crippen molar-refractivity contribution in [2.24, 2.45) is 4.99 Å². The number of nitrogens with one attached hydrogen (secondary N) is 1. The number of amidine groups is 1. The molecule has 0 unspecified atom stereocenters. The molecule has 1 saturated carbocycles. The minimum absolute atomic E-state index is 0.0301. The second kappa shape index (κ2) is 10.3. The van der Waals surface area contributed by atoms with Crippen LogP contribution in [-0.4, -0.2) is 40.2 Å². The van der Waals surface area contributed by atoms with E-state index in [1.807, 2.05) is 0 Å². The van der Waals surface area contributed by atoms with Crippen LogP contribution in [-0.2, 0) is 9.59 Å². The molecule has 1 aliphatic heterocycles. The first-order chi connectivity index (χ1) is 14.0. The molecule has 0 radical (unpaired) electrons. The molecule has 3 rings (SSSR count). The Morgan fingerprint density at radius 2 is 2.03 bits per heavy atom. The van der Waals surface area contributed by atoms with E-state index in [0.29, 0.717) is 27.5 Å². The third-order valence-electron chi connectivity index (χ3n) is 4.77. The van der Waals surface area contributed by atoms with Crippen molar-refractivity contribution in [2.75, 3.05) is 12.3 Å². The predicted molar refractivity (Wildman–Crippen MR) is 121 cm³/mol. The van der Waals surface area contributed by atoms with E-state index in [0.717, 1.165) is 31.2 Å². The molecule has 1 N–H and O–H groups in total. The lowest BCUT2D eigenvalue weighted by Gasteiger charge is -2.22. The van der Waals surface area contributed by atoms with Crippen LogP contribution in [0.15, 0.2) is 41.5 Å². The topological polar surface area (TPSA) is 61.8 Å². The van der Waals surface area contributed by atoms with Gasteiger partial charge in [0.1, 0.15) is 5.70 Å². The Labute approximate surface area is 185 Å². The van der Waals surface area contributed by atoms with Gasteiger partial charge in [0.15, 0.2) is 5.17 Å². The summed E-state index contributed by atoms with van der Waals surface area (Å²) in [5.41, 5.74) is 1.02. The van der Waals surface area contributed by atoms with Gasteiger partial charge in [-0.25, -0.2) is 4.99 Å². The number of halogens is 2. The molecule has 2 aliphatic rings. The van der Waals surface area contributed by atoms with Gasteiger partial charge in [-0.2, -0.15) is 0 Å². The fraction of sp³-hybridized carbons (Fsp3) is 0.381. The Balaban J connectivity index is 1.69. The smallest absolute Gasteiger partial charge is 0.278 e. The van der Waals surface area contributed by atoms with Crippen molar-refractivity contribution in [1.82, 2.24) is 10.2 Å². The molecule has 2 amide bonds. The van der Waals surface area contributed by atoms with Gasteiger partial charge in [0, 0.05) is 12.6 Å². The van der Waals surface area contributed by atoms with Gasteiger partial charge in [0.25, 0.3) is 5.91 Å². The van der Waals surface area contributed by atoms with Crippen molar-refractivity contribution in [2.45, 2.75) is 38.1 Å². The summed E-state index contributed by atoms with van der Waals surface area (Å²) in [6.07, 6.45) is 8.94. The van der Waals surface area contributed by atoms with E-state index in [4.69, 9.17) is 23.2 Å². The van der Waals surface area contributed by atoms with Gasteiger partial charge in [-0.1, -0.05) is 66.4 Å². The molecular formula is C21H23Cl2N3O2S. The zero-order chi connectivity index (χ0) is 20.8. The number of aliphatic imine (C=N–C) groups is 1. The summed E-state index contributed by atoms with van der Waals surface area (Å²) in [6.45, 7) is 4.03. The van der Waals surface area contributed by atoms with Gasteiger partial charge in [-0.05, 0) is 36.6 Å². The van der Waals surface area contributed by atoms with Gasteiger partial charge in [-0.3, -0.25) is 14.5 Å². The first-order valence-corrected chi connectivity index (χ1v) is 11.3. The highest BCUT2D eigenvalue weighted by Crippen LogP contribution is 2.27. The van der Waals surface area contributed by atoms with Crippen LogP contribution in [0.1, 0.15) is 37.7 Å². The third kappa shape index (κ3) is 5.87. The second-order valence-corrected chi connectivity index (χ2v) is 8.75. The molecule has 1 aromatic carbocycles. The van der Waals surface area contributed by atoms with E-state index >= 15 is 0 Å². The summed E-state index contributed by atoms with van der Waals surface area (Å²) in [6, 6.07) is 5.38. The van der Waals surface area contributed by atoms with Crippen molar-refractivity contribution in [1.29, 1.82) is 0 Å². The predicted octanol–water partition coefficient (Wildman–Crippen LogP) is 4.90. The lowest BCUT2D eigenvalue weighted by atomic mass is 9.95. The van der Waals surface area contributed by atoms with E-state index < -0.39 is 0 Å². The number of hydrogen-bond donors (Lipinski definition) is 1. The molecule has 1 aromatic rings. The normalized spacial score (nSPS) is 18.8. The van der Waals surface area contributed by atoms with Gasteiger partial charge in [-0.15, -0.1) is 6.58 Å². The molecule has 0 spiro atoms. The summed E-state index contributed by atoms with van der Waals surface area (Å²) in [7, 11) is 0. The molecule has 29 heavy (non-hydrogen) atoms. The maximum absolute atomic E-state index is 12.7. The number of amides is 2. The van der Waals surface area contributed by atoms with Crippen molar-refractivity contribution in [3.63, 3.8) is 0 Å². The summed E-state index contributed by atoms with van der Waals surface area (Å²) in [4.78, 5) is 31.0. The van der Waals surface area contributed by atoms with E-state index in [-0.39, 0.29) is 23.6 Å². The van der Waals surface area contributed by atoms with Crippen LogP contribution >= 0.6 is 35.0 Å². The first kappa shape index (κ1) is 21.9. The van der Waals surface area contributed by atoms with Crippen molar-refractivity contribution in [3.05, 3.63) is 52.2 Å². The van der Waals surface area contributed by atoms with Crippen LogP contribution in [0.5, 0.6) is 0 Å². The van der Waals surface area contributed by atoms with Crippen molar-refractivity contribution < 1.29 is 9.59 Å². The van der Waals surface area contributed by atoms with Gasteiger partial charge in [0.2, 0.25) is 5.91 Å². The van der Waals surface area contributed by atoms with Crippen molar-refractivity contribution >= 4 is 58.0 Å². The molecule has 0 aromatic heterocycles. The highest BCUT2D eigenvalue weighted by molar-refractivity contribution is 8.14. The Morgan fingerprint density at radius 3 is 2.72 bits per heavy atom. The molecule has 154 valence electrons. The van der Waals surface area contributed by atoms with Crippen LogP contribution in [0, 0.1) is 0 Å². The Bertz CT molecular complexity index is 863. The van der Waals surface area contributed by atoms with Gasteiger partial charge >= 0.3 is 0 Å². The van der Waals surface area contributed by atoms with Crippen LogP contribution < -0.4 is 5.32 Å². The maximum Gasteiger partial charge on any atom is 0.278 e. The van der Waals surface area contributed by atoms with E-state index in [1.165, 1.54) is 23.1 Å². The molecule has 5 nitrogen and oxygen atoms in total. The molecule has 0 bridgehead atoms. The lowest BCUT2D eigenvalue weighted by molar-refractivity contribution is -0.122. The minimum Gasteiger partial charge on any atom is -0.353 e. The number of hydrogen-bond acceptors (Lipinski definition) is 4. The maximum atomic E-state index is 12.7. The third-order valence-corrected chi connectivity index (χ3v) is 6.49. The summed E-state index contributed by atoms with van der Waals surface area (Å²) in [5, 5.41) is 4.44. The monoisotopic (exact) mass is 451 g/mol. The number of benzene rings is 1. The number of nitrogens with zero attached hydrogens (tertiary/aromatic N) is 2. The molecule has 1 heterocycles. The molecule has 0 atom stereocenters. The fourth-order valence-corrected chi connectivity index (χ4v) is 4.46. The Morgan fingerprint density at radius 1 is 1.28 bits per heavy atom. The number of thioether (sulfide) groups is 1. The summed E-state index contributed by atoms with van der Waals surface area (Å²) in [5.74, 6) is -0.0419. The SMILES string of the molecule is C=CCN1C(=O)/C(=C\c2ccc(Cl)c(Cl)c2)N=C1SCC(=O)NC1CCCCC1. The van der Waals surface area contributed by atoms with Crippen molar-refractivity contribution in [3.8, 4) is 0 Å². The zero-order valence-electron chi connectivity index (χ0n) is 16.0. The largest absolute Gasteiger partial charge is 0.353 e.